The fraction of sp³-hybridized carbons (Fsp3) is 0.304. The largest absolute Gasteiger partial charge is 0.490 e. The van der Waals surface area contributed by atoms with Gasteiger partial charge in [0.05, 0.1) is 41.0 Å². The number of nitrogens with one attached hydrogen (secondary N) is 1. The zero-order chi connectivity index (χ0) is 21.8. The maximum absolute atomic E-state index is 13.6. The van der Waals surface area contributed by atoms with Crippen molar-refractivity contribution in [3.8, 4) is 17.0 Å². The van der Waals surface area contributed by atoms with Gasteiger partial charge in [-0.05, 0) is 50.8 Å². The number of pyridine rings is 1. The Bertz CT molecular complexity index is 1090. The van der Waals surface area contributed by atoms with Crippen molar-refractivity contribution in [3.63, 3.8) is 0 Å². The number of nitrogens with zero attached hydrogens (tertiary/aromatic N) is 3. The van der Waals surface area contributed by atoms with Crippen molar-refractivity contribution in [1.82, 2.24) is 15.0 Å². The number of rotatable bonds is 5. The van der Waals surface area contributed by atoms with Gasteiger partial charge in [0.15, 0.2) is 5.82 Å². The Morgan fingerprint density at radius 1 is 1.13 bits per heavy atom. The summed E-state index contributed by atoms with van der Waals surface area (Å²) < 4.78 is 19.8. The highest BCUT2D eigenvalue weighted by Gasteiger charge is 2.17. The smallest absolute Gasteiger partial charge is 0.258 e. The summed E-state index contributed by atoms with van der Waals surface area (Å²) in [7, 11) is 0. The minimum absolute atomic E-state index is 0.140. The molecule has 3 aromatic rings. The minimum atomic E-state index is -0.543. The van der Waals surface area contributed by atoms with E-state index in [-0.39, 0.29) is 23.0 Å². The van der Waals surface area contributed by atoms with Crippen LogP contribution in [0.2, 0.25) is 5.02 Å². The number of ether oxygens (including phenoxy) is 1. The van der Waals surface area contributed by atoms with Gasteiger partial charge in [-0.1, -0.05) is 18.0 Å². The third-order valence-corrected chi connectivity index (χ3v) is 5.69. The number of carbonyl (C=O) groups is 1. The number of carbonyl (C=O) groups excluding carboxylic acids is 1. The maximum atomic E-state index is 13.6. The second-order valence-electron chi connectivity index (χ2n) is 7.55. The molecule has 1 amide bonds. The SMILES string of the molecule is Cc1c(F)cncc1C(=O)Nc1cnc(-c2cc(OC3CCCCC3)ccc2Cl)cn1. The molecule has 0 atom stereocenters. The molecule has 0 saturated heterocycles. The molecule has 0 spiro atoms. The Kier molecular flexibility index (Phi) is 6.42. The highest BCUT2D eigenvalue weighted by molar-refractivity contribution is 6.33. The fourth-order valence-corrected chi connectivity index (χ4v) is 3.81. The van der Waals surface area contributed by atoms with Crippen LogP contribution in [0.15, 0.2) is 43.0 Å². The van der Waals surface area contributed by atoms with E-state index in [9.17, 15) is 9.18 Å². The summed E-state index contributed by atoms with van der Waals surface area (Å²) in [6.07, 6.45) is 11.3. The van der Waals surface area contributed by atoms with E-state index in [4.69, 9.17) is 16.3 Å². The van der Waals surface area contributed by atoms with Gasteiger partial charge >= 0.3 is 0 Å². The monoisotopic (exact) mass is 440 g/mol. The minimum Gasteiger partial charge on any atom is -0.490 e. The van der Waals surface area contributed by atoms with Gasteiger partial charge in [0.25, 0.3) is 5.91 Å². The number of amides is 1. The zero-order valence-electron chi connectivity index (χ0n) is 17.1. The summed E-state index contributed by atoms with van der Waals surface area (Å²) in [4.78, 5) is 24.8. The first-order valence-corrected chi connectivity index (χ1v) is 10.6. The predicted molar refractivity (Wildman–Crippen MR) is 117 cm³/mol. The molecular formula is C23H22ClFN4O2. The molecule has 2 heterocycles. The van der Waals surface area contributed by atoms with Crippen molar-refractivity contribution in [2.24, 2.45) is 0 Å². The highest BCUT2D eigenvalue weighted by Crippen LogP contribution is 2.32. The molecule has 6 nitrogen and oxygen atoms in total. The number of benzene rings is 1. The van der Waals surface area contributed by atoms with Crippen molar-refractivity contribution in [1.29, 1.82) is 0 Å². The summed E-state index contributed by atoms with van der Waals surface area (Å²) in [5, 5.41) is 3.14. The lowest BCUT2D eigenvalue weighted by molar-refractivity contribution is 0.102. The van der Waals surface area contributed by atoms with E-state index in [1.54, 1.807) is 6.07 Å². The van der Waals surface area contributed by atoms with Gasteiger partial charge in [0.1, 0.15) is 11.6 Å². The van der Waals surface area contributed by atoms with Crippen LogP contribution < -0.4 is 10.1 Å². The number of hydrogen-bond acceptors (Lipinski definition) is 5. The first-order valence-electron chi connectivity index (χ1n) is 10.2. The van der Waals surface area contributed by atoms with E-state index in [0.29, 0.717) is 16.3 Å². The molecule has 1 aromatic carbocycles. The van der Waals surface area contributed by atoms with Gasteiger partial charge in [-0.3, -0.25) is 14.8 Å². The molecule has 1 aliphatic carbocycles. The average molecular weight is 441 g/mol. The Morgan fingerprint density at radius 3 is 2.68 bits per heavy atom. The lowest BCUT2D eigenvalue weighted by atomic mass is 9.98. The van der Waals surface area contributed by atoms with Crippen LogP contribution in [-0.2, 0) is 0 Å². The molecule has 4 rings (SSSR count). The van der Waals surface area contributed by atoms with Crippen molar-refractivity contribution in [3.05, 3.63) is 65.0 Å². The van der Waals surface area contributed by atoms with E-state index in [1.807, 2.05) is 12.1 Å². The molecule has 8 heteroatoms. The first-order chi connectivity index (χ1) is 15.0. The van der Waals surface area contributed by atoms with E-state index in [0.717, 1.165) is 24.8 Å². The van der Waals surface area contributed by atoms with Crippen molar-refractivity contribution in [2.45, 2.75) is 45.1 Å². The van der Waals surface area contributed by atoms with Crippen LogP contribution in [0.3, 0.4) is 0 Å². The number of anilines is 1. The van der Waals surface area contributed by atoms with Crippen molar-refractivity contribution >= 4 is 23.3 Å². The Hall–Kier alpha value is -3.06. The third-order valence-electron chi connectivity index (χ3n) is 5.36. The summed E-state index contributed by atoms with van der Waals surface area (Å²) >= 11 is 6.37. The van der Waals surface area contributed by atoms with Crippen LogP contribution in [0.4, 0.5) is 10.2 Å². The summed E-state index contributed by atoms with van der Waals surface area (Å²) in [5.74, 6) is -0.0609. The van der Waals surface area contributed by atoms with Gasteiger partial charge < -0.3 is 10.1 Å². The van der Waals surface area contributed by atoms with E-state index >= 15 is 0 Å². The molecule has 0 radical (unpaired) electrons. The quantitative estimate of drug-likeness (QED) is 0.558. The standard InChI is InChI=1S/C23H22ClFN4O2/c1-14-18(10-26-11-20(14)25)23(30)29-22-13-27-21(12-28-22)17-9-16(7-8-19(17)24)31-15-5-3-2-4-6-15/h7-13,15H,2-6H2,1H3,(H,28,29,30). The van der Waals surface area contributed by atoms with E-state index in [1.165, 1.54) is 44.8 Å². The molecule has 1 N–H and O–H groups in total. The van der Waals surface area contributed by atoms with Crippen LogP contribution in [0, 0.1) is 12.7 Å². The topological polar surface area (TPSA) is 77.0 Å². The number of halogens is 2. The molecule has 1 saturated carbocycles. The predicted octanol–water partition coefficient (Wildman–Crippen LogP) is 5.60. The summed E-state index contributed by atoms with van der Waals surface area (Å²) in [6.45, 7) is 1.52. The summed E-state index contributed by atoms with van der Waals surface area (Å²) in [5.41, 5.74) is 1.62. The lowest BCUT2D eigenvalue weighted by Gasteiger charge is -2.23. The van der Waals surface area contributed by atoms with Gasteiger partial charge in [-0.2, -0.15) is 0 Å². The van der Waals surface area contributed by atoms with Crippen LogP contribution >= 0.6 is 11.6 Å². The molecular weight excluding hydrogens is 419 g/mol. The van der Waals surface area contributed by atoms with E-state index < -0.39 is 11.7 Å². The fourth-order valence-electron chi connectivity index (χ4n) is 3.59. The average Bonchev–Trinajstić information content (AvgIpc) is 2.78. The molecule has 1 aliphatic rings. The van der Waals surface area contributed by atoms with Crippen LogP contribution in [0.5, 0.6) is 5.75 Å². The van der Waals surface area contributed by atoms with E-state index in [2.05, 4.69) is 20.3 Å². The third kappa shape index (κ3) is 4.99. The lowest BCUT2D eigenvalue weighted by Crippen LogP contribution is -2.19. The first kappa shape index (κ1) is 21.2. The number of aromatic nitrogens is 3. The van der Waals surface area contributed by atoms with Crippen LogP contribution in [-0.4, -0.2) is 27.0 Å². The van der Waals surface area contributed by atoms with Gasteiger partial charge in [0.2, 0.25) is 0 Å². The molecule has 1 fully saturated rings. The Morgan fingerprint density at radius 2 is 1.94 bits per heavy atom. The summed E-state index contributed by atoms with van der Waals surface area (Å²) in [6, 6.07) is 5.50. The Labute approximate surface area is 184 Å². The van der Waals surface area contributed by atoms with Crippen molar-refractivity contribution in [2.75, 3.05) is 5.32 Å². The molecule has 31 heavy (non-hydrogen) atoms. The van der Waals surface area contributed by atoms with Crippen molar-refractivity contribution < 1.29 is 13.9 Å². The molecule has 0 aliphatic heterocycles. The second kappa shape index (κ2) is 9.39. The van der Waals surface area contributed by atoms with Gasteiger partial charge in [-0.15, -0.1) is 0 Å². The highest BCUT2D eigenvalue weighted by atomic mass is 35.5. The van der Waals surface area contributed by atoms with Crippen LogP contribution in [0.1, 0.15) is 48.0 Å². The second-order valence-corrected chi connectivity index (χ2v) is 7.96. The number of hydrogen-bond donors (Lipinski definition) is 1. The molecule has 2 aromatic heterocycles. The van der Waals surface area contributed by atoms with Gasteiger partial charge in [-0.25, -0.2) is 9.37 Å². The molecule has 160 valence electrons. The normalized spacial score (nSPS) is 14.3. The zero-order valence-corrected chi connectivity index (χ0v) is 17.8. The maximum Gasteiger partial charge on any atom is 0.258 e. The molecule has 0 unspecified atom stereocenters. The Balaban J connectivity index is 1.49. The van der Waals surface area contributed by atoms with Crippen LogP contribution in [0.25, 0.3) is 11.3 Å². The molecule has 0 bridgehead atoms. The van der Waals surface area contributed by atoms with Gasteiger partial charge in [0, 0.05) is 17.3 Å².